The average Bonchev–Trinajstić information content (AvgIpc) is 3.29. The van der Waals surface area contributed by atoms with Crippen LogP contribution in [0, 0.1) is 4.78 Å². The standard InChI is InChI=1S/C19H20ClN3O4S/c1-28(21,25)17-9-8-16(26-17)18(24)22-13-5-2-11(3-6-13)19-23-14-10-12(20)4-7-15(14)27-19/h4,7-11,13,21H,2-3,5-6H2,1H3,(H,22,24)/t11-,13-,28-/m1/s1. The summed E-state index contributed by atoms with van der Waals surface area (Å²) in [7, 11) is -2.97. The smallest absolute Gasteiger partial charge is 0.287 e. The fourth-order valence-corrected chi connectivity index (χ4v) is 4.23. The lowest BCUT2D eigenvalue weighted by molar-refractivity contribution is 0.0891. The van der Waals surface area contributed by atoms with Crippen LogP contribution in [0.5, 0.6) is 0 Å². The van der Waals surface area contributed by atoms with E-state index in [1.165, 1.54) is 18.4 Å². The number of rotatable bonds is 4. The van der Waals surface area contributed by atoms with Crippen LogP contribution >= 0.6 is 11.6 Å². The van der Waals surface area contributed by atoms with Gasteiger partial charge in [-0.05, 0) is 56.0 Å². The quantitative estimate of drug-likeness (QED) is 0.641. The second kappa shape index (κ2) is 7.25. The van der Waals surface area contributed by atoms with Crippen LogP contribution in [0.1, 0.15) is 48.0 Å². The molecule has 0 saturated heterocycles. The molecule has 1 saturated carbocycles. The lowest BCUT2D eigenvalue weighted by atomic mass is 9.86. The maximum atomic E-state index is 12.4. The van der Waals surface area contributed by atoms with Gasteiger partial charge < -0.3 is 14.2 Å². The topological polar surface area (TPSA) is 109 Å². The fourth-order valence-electron chi connectivity index (χ4n) is 3.49. The van der Waals surface area contributed by atoms with Gasteiger partial charge in [-0.3, -0.25) is 4.79 Å². The van der Waals surface area contributed by atoms with Gasteiger partial charge in [0.2, 0.25) is 0 Å². The molecule has 1 aliphatic carbocycles. The van der Waals surface area contributed by atoms with Crippen molar-refractivity contribution in [2.45, 2.75) is 42.7 Å². The third-order valence-corrected chi connectivity index (χ3v) is 6.19. The zero-order valence-corrected chi connectivity index (χ0v) is 16.8. The third kappa shape index (κ3) is 3.93. The van der Waals surface area contributed by atoms with E-state index in [2.05, 4.69) is 10.3 Å². The Morgan fingerprint density at radius 2 is 1.96 bits per heavy atom. The molecule has 0 spiro atoms. The first-order valence-electron chi connectivity index (χ1n) is 9.00. The maximum absolute atomic E-state index is 12.4. The van der Waals surface area contributed by atoms with Crippen LogP contribution in [0.2, 0.25) is 5.02 Å². The van der Waals surface area contributed by atoms with Crippen molar-refractivity contribution < 1.29 is 17.8 Å². The van der Waals surface area contributed by atoms with Crippen LogP contribution < -0.4 is 5.32 Å². The minimum absolute atomic E-state index is 0.0115. The number of halogens is 1. The normalized spacial score (nSPS) is 22.1. The van der Waals surface area contributed by atoms with Gasteiger partial charge in [-0.25, -0.2) is 14.0 Å². The molecule has 0 aliphatic heterocycles. The summed E-state index contributed by atoms with van der Waals surface area (Å²) in [5.41, 5.74) is 1.48. The van der Waals surface area contributed by atoms with Crippen LogP contribution in [0.3, 0.4) is 0 Å². The summed E-state index contributed by atoms with van der Waals surface area (Å²) in [4.78, 5) is 16.9. The minimum Gasteiger partial charge on any atom is -0.441 e. The summed E-state index contributed by atoms with van der Waals surface area (Å²) >= 11 is 6.00. The number of oxazole rings is 1. The third-order valence-electron chi connectivity index (χ3n) is 4.97. The first-order valence-corrected chi connectivity index (χ1v) is 11.3. The predicted octanol–water partition coefficient (Wildman–Crippen LogP) is 4.57. The molecule has 0 bridgehead atoms. The van der Waals surface area contributed by atoms with E-state index in [9.17, 15) is 9.00 Å². The van der Waals surface area contributed by atoms with Crippen molar-refractivity contribution in [3.8, 4) is 0 Å². The number of carbonyl (C=O) groups excluding carboxylic acids is 1. The molecule has 1 amide bonds. The summed E-state index contributed by atoms with van der Waals surface area (Å²) in [6, 6.07) is 8.29. The molecule has 9 heteroatoms. The highest BCUT2D eigenvalue weighted by Gasteiger charge is 2.28. The van der Waals surface area contributed by atoms with E-state index in [4.69, 9.17) is 25.2 Å². The lowest BCUT2D eigenvalue weighted by Gasteiger charge is -2.27. The van der Waals surface area contributed by atoms with Crippen LogP contribution in [-0.2, 0) is 9.73 Å². The van der Waals surface area contributed by atoms with Crippen LogP contribution in [0.25, 0.3) is 11.1 Å². The predicted molar refractivity (Wildman–Crippen MR) is 105 cm³/mol. The van der Waals surface area contributed by atoms with Gasteiger partial charge in [0.1, 0.15) is 15.2 Å². The van der Waals surface area contributed by atoms with Crippen LogP contribution in [0.4, 0.5) is 0 Å². The molecule has 1 atom stereocenters. The number of amides is 1. The Kier molecular flexibility index (Phi) is 4.93. The Hall–Kier alpha value is -2.32. The number of aromatic nitrogens is 1. The minimum atomic E-state index is -2.97. The van der Waals surface area contributed by atoms with Crippen molar-refractivity contribution in [2.75, 3.05) is 6.26 Å². The average molecular weight is 422 g/mol. The summed E-state index contributed by atoms with van der Waals surface area (Å²) in [6.45, 7) is 0. The van der Waals surface area contributed by atoms with Crippen molar-refractivity contribution >= 4 is 38.3 Å². The van der Waals surface area contributed by atoms with Crippen molar-refractivity contribution in [3.63, 3.8) is 0 Å². The van der Waals surface area contributed by atoms with Gasteiger partial charge in [-0.2, -0.15) is 0 Å². The largest absolute Gasteiger partial charge is 0.441 e. The second-order valence-corrected chi connectivity index (χ2v) is 9.67. The fraction of sp³-hybridized carbons (Fsp3) is 0.368. The van der Waals surface area contributed by atoms with Gasteiger partial charge >= 0.3 is 0 Å². The van der Waals surface area contributed by atoms with E-state index in [0.717, 1.165) is 36.8 Å². The van der Waals surface area contributed by atoms with Gasteiger partial charge in [0.15, 0.2) is 22.3 Å². The van der Waals surface area contributed by atoms with E-state index < -0.39 is 9.73 Å². The first-order chi connectivity index (χ1) is 13.3. The number of fused-ring (bicyclic) bond motifs is 1. The summed E-state index contributed by atoms with van der Waals surface area (Å²) in [6.07, 6.45) is 4.56. The maximum Gasteiger partial charge on any atom is 0.287 e. The van der Waals surface area contributed by atoms with Gasteiger partial charge in [-0.1, -0.05) is 11.6 Å². The van der Waals surface area contributed by atoms with E-state index in [1.54, 1.807) is 12.1 Å². The van der Waals surface area contributed by atoms with E-state index in [1.807, 2.05) is 6.07 Å². The molecule has 0 radical (unpaired) electrons. The molecule has 2 N–H and O–H groups in total. The van der Waals surface area contributed by atoms with Gasteiger partial charge in [0, 0.05) is 23.2 Å². The summed E-state index contributed by atoms with van der Waals surface area (Å²) in [5, 5.41) is 3.59. The summed E-state index contributed by atoms with van der Waals surface area (Å²) < 4.78 is 30.3. The van der Waals surface area contributed by atoms with Gasteiger partial charge in [-0.15, -0.1) is 0 Å². The Bertz CT molecular complexity index is 1130. The van der Waals surface area contributed by atoms with Crippen molar-refractivity contribution in [2.24, 2.45) is 0 Å². The number of nitrogens with one attached hydrogen (secondary N) is 2. The molecule has 7 nitrogen and oxygen atoms in total. The number of benzene rings is 1. The zero-order chi connectivity index (χ0) is 19.9. The molecule has 3 aromatic rings. The van der Waals surface area contributed by atoms with Gasteiger partial charge in [0.25, 0.3) is 5.91 Å². The summed E-state index contributed by atoms with van der Waals surface area (Å²) in [5.74, 6) is 0.651. The lowest BCUT2D eigenvalue weighted by Crippen LogP contribution is -2.37. The monoisotopic (exact) mass is 421 g/mol. The molecule has 148 valence electrons. The Labute approximate surface area is 167 Å². The molecule has 2 heterocycles. The number of nitrogens with zero attached hydrogens (tertiary/aromatic N) is 1. The Morgan fingerprint density at radius 3 is 2.64 bits per heavy atom. The molecule has 28 heavy (non-hydrogen) atoms. The van der Waals surface area contributed by atoms with E-state index in [-0.39, 0.29) is 28.7 Å². The van der Waals surface area contributed by atoms with Crippen molar-refractivity contribution in [1.29, 1.82) is 4.78 Å². The molecular formula is C19H20ClN3O4S. The molecule has 2 aromatic heterocycles. The number of furan rings is 1. The second-order valence-electron chi connectivity index (χ2n) is 7.15. The highest BCUT2D eigenvalue weighted by molar-refractivity contribution is 7.91. The van der Waals surface area contributed by atoms with Gasteiger partial charge in [0.05, 0.1) is 0 Å². The highest BCUT2D eigenvalue weighted by Crippen LogP contribution is 2.34. The van der Waals surface area contributed by atoms with E-state index >= 15 is 0 Å². The Balaban J connectivity index is 1.37. The highest BCUT2D eigenvalue weighted by atomic mass is 35.5. The van der Waals surface area contributed by atoms with Crippen molar-refractivity contribution in [1.82, 2.24) is 10.3 Å². The first kappa shape index (κ1) is 19.0. The Morgan fingerprint density at radius 1 is 1.21 bits per heavy atom. The SMILES string of the molecule is C[S@@](=N)(=O)c1ccc(C(=O)N[C@H]2CC[C@H](c3nc4cc(Cl)ccc4o3)CC2)o1. The number of hydrogen-bond donors (Lipinski definition) is 2. The molecule has 0 unspecified atom stereocenters. The zero-order valence-electron chi connectivity index (χ0n) is 15.2. The molecular weight excluding hydrogens is 402 g/mol. The number of carbonyl (C=O) groups is 1. The van der Waals surface area contributed by atoms with E-state index in [0.29, 0.717) is 10.9 Å². The number of hydrogen-bond acceptors (Lipinski definition) is 6. The molecule has 1 aliphatic rings. The van der Waals surface area contributed by atoms with Crippen LogP contribution in [-0.4, -0.2) is 27.4 Å². The molecule has 1 aromatic carbocycles. The molecule has 4 rings (SSSR count). The van der Waals surface area contributed by atoms with Crippen LogP contribution in [0.15, 0.2) is 44.3 Å². The molecule has 1 fully saturated rings. The van der Waals surface area contributed by atoms with Crippen molar-refractivity contribution in [3.05, 3.63) is 47.0 Å².